The predicted octanol–water partition coefficient (Wildman–Crippen LogP) is 0.370. The van der Waals surface area contributed by atoms with Crippen LogP contribution in [0.15, 0.2) is 39.5 Å². The Kier molecular flexibility index (Phi) is 7.24. The molecule has 1 fully saturated rings. The molecule has 1 aromatic heterocycles. The Bertz CT molecular complexity index is 1280. The second-order valence-electron chi connectivity index (χ2n) is 7.97. The minimum Gasteiger partial charge on any atom is -0.504 e. The minimum absolute atomic E-state index is 0.112. The summed E-state index contributed by atoms with van der Waals surface area (Å²) in [6, 6.07) is 7.81. The molecular formula is C24H26O12. The first-order valence-corrected chi connectivity index (χ1v) is 10.8. The third-order valence-electron chi connectivity index (χ3n) is 5.88. The van der Waals surface area contributed by atoms with Gasteiger partial charge in [0.2, 0.25) is 23.5 Å². The third-order valence-corrected chi connectivity index (χ3v) is 5.88. The van der Waals surface area contributed by atoms with Gasteiger partial charge in [0.05, 0.1) is 27.9 Å². The summed E-state index contributed by atoms with van der Waals surface area (Å²) < 4.78 is 33.0. The Morgan fingerprint density at radius 1 is 0.889 bits per heavy atom. The summed E-state index contributed by atoms with van der Waals surface area (Å²) in [5.74, 6) is -0.624. The van der Waals surface area contributed by atoms with Crippen molar-refractivity contribution in [2.24, 2.45) is 0 Å². The molecule has 5 N–H and O–H groups in total. The number of ether oxygens (including phenoxy) is 5. The zero-order valence-corrected chi connectivity index (χ0v) is 19.6. The first-order chi connectivity index (χ1) is 17.2. The van der Waals surface area contributed by atoms with Gasteiger partial charge in [-0.25, -0.2) is 0 Å². The van der Waals surface area contributed by atoms with E-state index in [2.05, 4.69) is 0 Å². The highest BCUT2D eigenvalue weighted by Crippen LogP contribution is 2.50. The lowest BCUT2D eigenvalue weighted by Crippen LogP contribution is -2.60. The summed E-state index contributed by atoms with van der Waals surface area (Å²) in [4.78, 5) is 13.1. The van der Waals surface area contributed by atoms with E-state index < -0.39 is 48.5 Å². The van der Waals surface area contributed by atoms with Crippen LogP contribution >= 0.6 is 0 Å². The lowest BCUT2D eigenvalue weighted by Gasteiger charge is -2.39. The van der Waals surface area contributed by atoms with Gasteiger partial charge in [0, 0.05) is 11.6 Å². The molecule has 36 heavy (non-hydrogen) atoms. The predicted molar refractivity (Wildman–Crippen MR) is 124 cm³/mol. The first-order valence-electron chi connectivity index (χ1n) is 10.8. The summed E-state index contributed by atoms with van der Waals surface area (Å²) in [6.07, 6.45) is -8.00. The van der Waals surface area contributed by atoms with E-state index in [1.54, 1.807) is 24.3 Å². The Morgan fingerprint density at radius 3 is 2.14 bits per heavy atom. The fourth-order valence-electron chi connectivity index (χ4n) is 3.97. The van der Waals surface area contributed by atoms with Gasteiger partial charge in [-0.05, 0) is 24.3 Å². The van der Waals surface area contributed by atoms with Gasteiger partial charge in [-0.3, -0.25) is 4.79 Å². The molecule has 0 aliphatic carbocycles. The summed E-state index contributed by atoms with van der Waals surface area (Å²) in [5, 5.41) is 50.7. The monoisotopic (exact) mass is 506 g/mol. The SMILES string of the molecule is COc1ccc(-c2cc(=O)c3c(O)c(OC)c(OC)c(O[C@@H]4O[C@H](CO)[C@@H](O)[C@@H](O)[C@H]4O)c3o2)cc1. The van der Waals surface area contributed by atoms with Crippen molar-refractivity contribution in [3.05, 3.63) is 40.6 Å². The number of benzene rings is 2. The zero-order chi connectivity index (χ0) is 26.1. The van der Waals surface area contributed by atoms with E-state index in [-0.39, 0.29) is 34.0 Å². The van der Waals surface area contributed by atoms with Crippen molar-refractivity contribution in [2.45, 2.75) is 30.7 Å². The lowest BCUT2D eigenvalue weighted by molar-refractivity contribution is -0.277. The van der Waals surface area contributed by atoms with Crippen molar-refractivity contribution >= 4 is 11.0 Å². The van der Waals surface area contributed by atoms with Gasteiger partial charge in [-0.2, -0.15) is 0 Å². The number of aliphatic hydroxyl groups excluding tert-OH is 4. The molecule has 0 amide bonds. The molecule has 12 nitrogen and oxygen atoms in total. The van der Waals surface area contributed by atoms with Crippen molar-refractivity contribution in [1.82, 2.24) is 0 Å². The molecule has 0 saturated carbocycles. The third kappa shape index (κ3) is 4.29. The fraction of sp³-hybridized carbons (Fsp3) is 0.375. The van der Waals surface area contributed by atoms with Gasteiger partial charge >= 0.3 is 0 Å². The smallest absolute Gasteiger partial charge is 0.229 e. The molecule has 4 rings (SSSR count). The number of rotatable bonds is 7. The van der Waals surface area contributed by atoms with Gasteiger partial charge < -0.3 is 53.6 Å². The maximum absolute atomic E-state index is 13.1. The standard InChI is InChI=1S/C24H26O12/c1-31-11-6-4-10(5-7-11)13-8-12(26)15-17(28)21(32-2)22(33-3)23(20(15)34-13)36-24-19(30)18(29)16(27)14(9-25)35-24/h4-8,14,16,18-19,24-25,27-30H,9H2,1-3H3/t14-,16-,18-,19-,24+/m1/s1. The average Bonchev–Trinajstić information content (AvgIpc) is 2.89. The molecule has 1 aliphatic rings. The van der Waals surface area contributed by atoms with Crippen LogP contribution in [0.3, 0.4) is 0 Å². The van der Waals surface area contributed by atoms with Crippen LogP contribution in [0, 0.1) is 0 Å². The quantitative estimate of drug-likeness (QED) is 0.298. The van der Waals surface area contributed by atoms with Crippen LogP contribution in [-0.4, -0.2) is 84.2 Å². The van der Waals surface area contributed by atoms with Crippen LogP contribution in [0.2, 0.25) is 0 Å². The zero-order valence-electron chi connectivity index (χ0n) is 19.6. The molecule has 0 spiro atoms. The number of aliphatic hydroxyl groups is 4. The molecule has 2 aromatic carbocycles. The number of phenolic OH excluding ortho intramolecular Hbond substituents is 1. The van der Waals surface area contributed by atoms with E-state index in [9.17, 15) is 30.3 Å². The van der Waals surface area contributed by atoms with Crippen LogP contribution < -0.4 is 24.4 Å². The second kappa shape index (κ2) is 10.2. The summed E-state index contributed by atoms with van der Waals surface area (Å²) in [7, 11) is 3.99. The minimum atomic E-state index is -1.76. The van der Waals surface area contributed by atoms with Gasteiger partial charge in [0.1, 0.15) is 41.3 Å². The summed E-state index contributed by atoms with van der Waals surface area (Å²) in [6.45, 7) is -0.682. The highest BCUT2D eigenvalue weighted by molar-refractivity contribution is 5.95. The maximum atomic E-state index is 13.1. The molecule has 0 bridgehead atoms. The Morgan fingerprint density at radius 2 is 1.56 bits per heavy atom. The molecule has 2 heterocycles. The molecule has 3 aromatic rings. The largest absolute Gasteiger partial charge is 0.504 e. The summed E-state index contributed by atoms with van der Waals surface area (Å²) >= 11 is 0. The van der Waals surface area contributed by atoms with Gasteiger partial charge in [0.15, 0.2) is 16.8 Å². The van der Waals surface area contributed by atoms with Gasteiger partial charge in [0.25, 0.3) is 0 Å². The van der Waals surface area contributed by atoms with Crippen LogP contribution in [0.4, 0.5) is 0 Å². The van der Waals surface area contributed by atoms with Gasteiger partial charge in [-0.1, -0.05) is 0 Å². The second-order valence-corrected chi connectivity index (χ2v) is 7.97. The van der Waals surface area contributed by atoms with Crippen LogP contribution in [-0.2, 0) is 4.74 Å². The van der Waals surface area contributed by atoms with E-state index >= 15 is 0 Å². The Hall–Kier alpha value is -3.55. The number of aromatic hydroxyl groups is 1. The Balaban J connectivity index is 1.92. The van der Waals surface area contributed by atoms with E-state index in [1.165, 1.54) is 27.4 Å². The van der Waals surface area contributed by atoms with Crippen LogP contribution in [0.5, 0.6) is 28.7 Å². The van der Waals surface area contributed by atoms with Crippen LogP contribution in [0.25, 0.3) is 22.3 Å². The molecule has 1 aliphatic heterocycles. The Labute approximate surface area is 204 Å². The summed E-state index contributed by atoms with van der Waals surface area (Å²) in [5.41, 5.74) is -0.400. The number of hydrogen-bond donors (Lipinski definition) is 5. The highest BCUT2D eigenvalue weighted by atomic mass is 16.7. The first kappa shape index (κ1) is 25.5. The number of methoxy groups -OCH3 is 3. The molecule has 5 atom stereocenters. The van der Waals surface area contributed by atoms with Crippen molar-refractivity contribution in [3.63, 3.8) is 0 Å². The van der Waals surface area contributed by atoms with E-state index in [0.717, 1.165) is 0 Å². The van der Waals surface area contributed by atoms with Crippen molar-refractivity contribution in [1.29, 1.82) is 0 Å². The fourth-order valence-corrected chi connectivity index (χ4v) is 3.97. The number of hydrogen-bond acceptors (Lipinski definition) is 12. The topological polar surface area (TPSA) is 178 Å². The highest BCUT2D eigenvalue weighted by Gasteiger charge is 2.45. The van der Waals surface area contributed by atoms with E-state index in [0.29, 0.717) is 11.3 Å². The normalized spacial score (nSPS) is 23.9. The molecule has 0 radical (unpaired) electrons. The number of fused-ring (bicyclic) bond motifs is 1. The van der Waals surface area contributed by atoms with E-state index in [4.69, 9.17) is 28.1 Å². The molecule has 0 unspecified atom stereocenters. The van der Waals surface area contributed by atoms with Crippen molar-refractivity contribution in [2.75, 3.05) is 27.9 Å². The van der Waals surface area contributed by atoms with Gasteiger partial charge in [-0.15, -0.1) is 0 Å². The lowest BCUT2D eigenvalue weighted by atomic mass is 9.99. The van der Waals surface area contributed by atoms with Crippen molar-refractivity contribution in [3.8, 4) is 40.1 Å². The molecule has 12 heteroatoms. The van der Waals surface area contributed by atoms with E-state index in [1.807, 2.05) is 0 Å². The molecule has 1 saturated heterocycles. The molecular weight excluding hydrogens is 480 g/mol. The van der Waals surface area contributed by atoms with Crippen LogP contribution in [0.1, 0.15) is 0 Å². The number of phenols is 1. The van der Waals surface area contributed by atoms with Crippen molar-refractivity contribution < 1.29 is 53.6 Å². The average molecular weight is 506 g/mol. The molecule has 194 valence electrons. The maximum Gasteiger partial charge on any atom is 0.229 e.